The van der Waals surface area contributed by atoms with Gasteiger partial charge in [0.15, 0.2) is 17.3 Å². The van der Waals surface area contributed by atoms with E-state index in [4.69, 9.17) is 18.9 Å². The van der Waals surface area contributed by atoms with Crippen LogP contribution in [0, 0.1) is 10.1 Å². The number of allylic oxidation sites excluding steroid dienone is 1. The largest absolute Gasteiger partial charge is 0.493 e. The highest BCUT2D eigenvalue weighted by atomic mass is 16.6. The van der Waals surface area contributed by atoms with E-state index in [2.05, 4.69) is 0 Å². The number of nitro benzene ring substituents is 1. The first-order valence-corrected chi connectivity index (χ1v) is 9.95. The minimum absolute atomic E-state index is 0.126. The molecular formula is C25H21NO8. The number of hydrogen-bond acceptors (Lipinski definition) is 8. The minimum Gasteiger partial charge on any atom is -0.493 e. The van der Waals surface area contributed by atoms with Crippen LogP contribution in [0.1, 0.15) is 26.3 Å². The standard InChI is InChI=1S/C25H21NO8/c1-31-22-14-16(15-23(32-2)24(22)33-3)4-13-21(27)17-7-11-20(12-8-17)34-25(28)18-5-9-19(10-6-18)26(29)30/h4-15H,1-3H3. The molecule has 0 aromatic heterocycles. The van der Waals surface area contributed by atoms with E-state index in [9.17, 15) is 19.7 Å². The van der Waals surface area contributed by atoms with Crippen LogP contribution in [0.2, 0.25) is 0 Å². The Hall–Kier alpha value is -4.66. The molecule has 0 fully saturated rings. The number of nitrogens with zero attached hydrogens (tertiary/aromatic N) is 1. The van der Waals surface area contributed by atoms with Crippen LogP contribution in [0.15, 0.2) is 66.7 Å². The maximum atomic E-state index is 12.6. The second kappa shape index (κ2) is 10.8. The van der Waals surface area contributed by atoms with E-state index in [1.54, 1.807) is 18.2 Å². The summed E-state index contributed by atoms with van der Waals surface area (Å²) >= 11 is 0. The number of hydrogen-bond donors (Lipinski definition) is 0. The maximum Gasteiger partial charge on any atom is 0.343 e. The number of nitro groups is 1. The minimum atomic E-state index is -0.670. The van der Waals surface area contributed by atoms with Crippen molar-refractivity contribution in [3.05, 3.63) is 93.5 Å². The number of carbonyl (C=O) groups excluding carboxylic acids is 2. The van der Waals surface area contributed by atoms with E-state index < -0.39 is 10.9 Å². The van der Waals surface area contributed by atoms with Crippen LogP contribution in [-0.4, -0.2) is 38.0 Å². The number of rotatable bonds is 9. The predicted molar refractivity (Wildman–Crippen MR) is 124 cm³/mol. The fourth-order valence-corrected chi connectivity index (χ4v) is 3.04. The van der Waals surface area contributed by atoms with Crippen LogP contribution in [0.5, 0.6) is 23.0 Å². The average Bonchev–Trinajstić information content (AvgIpc) is 2.86. The summed E-state index contributed by atoms with van der Waals surface area (Å²) in [6.07, 6.45) is 3.02. The van der Waals surface area contributed by atoms with Gasteiger partial charge in [-0.3, -0.25) is 14.9 Å². The van der Waals surface area contributed by atoms with Crippen molar-refractivity contribution in [3.8, 4) is 23.0 Å². The second-order valence-electron chi connectivity index (χ2n) is 6.87. The number of ketones is 1. The molecule has 0 radical (unpaired) electrons. The number of non-ortho nitro benzene ring substituents is 1. The lowest BCUT2D eigenvalue weighted by atomic mass is 10.1. The summed E-state index contributed by atoms with van der Waals surface area (Å²) in [6, 6.07) is 14.5. The van der Waals surface area contributed by atoms with Crippen LogP contribution in [0.3, 0.4) is 0 Å². The van der Waals surface area contributed by atoms with Crippen LogP contribution in [0.4, 0.5) is 5.69 Å². The summed E-state index contributed by atoms with van der Waals surface area (Å²) in [4.78, 5) is 34.9. The Morgan fingerprint density at radius 3 is 1.88 bits per heavy atom. The zero-order chi connectivity index (χ0) is 24.7. The highest BCUT2D eigenvalue weighted by Gasteiger charge is 2.14. The third-order valence-electron chi connectivity index (χ3n) is 4.78. The first-order chi connectivity index (χ1) is 16.4. The molecule has 0 bridgehead atoms. The van der Waals surface area contributed by atoms with E-state index in [0.717, 1.165) is 0 Å². The third kappa shape index (κ3) is 5.57. The van der Waals surface area contributed by atoms with Crippen LogP contribution in [-0.2, 0) is 0 Å². The summed E-state index contributed by atoms with van der Waals surface area (Å²) in [6.45, 7) is 0. The fraction of sp³-hybridized carbons (Fsp3) is 0.120. The zero-order valence-electron chi connectivity index (χ0n) is 18.6. The highest BCUT2D eigenvalue weighted by Crippen LogP contribution is 2.38. The van der Waals surface area contributed by atoms with Gasteiger partial charge in [0, 0.05) is 17.7 Å². The number of benzene rings is 3. The van der Waals surface area contributed by atoms with Gasteiger partial charge < -0.3 is 18.9 Å². The SMILES string of the molecule is COc1cc(C=CC(=O)c2ccc(OC(=O)c3ccc([N+](=O)[O-])cc3)cc2)cc(OC)c1OC. The van der Waals surface area contributed by atoms with E-state index >= 15 is 0 Å². The van der Waals surface area contributed by atoms with Gasteiger partial charge in [-0.1, -0.05) is 6.08 Å². The quantitative estimate of drug-likeness (QED) is 0.112. The van der Waals surface area contributed by atoms with Gasteiger partial charge in [0.25, 0.3) is 5.69 Å². The molecule has 3 aromatic carbocycles. The Bertz CT molecular complexity index is 1210. The Kier molecular flexibility index (Phi) is 7.60. The lowest BCUT2D eigenvalue weighted by molar-refractivity contribution is -0.384. The Morgan fingerprint density at radius 1 is 0.824 bits per heavy atom. The van der Waals surface area contributed by atoms with Gasteiger partial charge in [-0.2, -0.15) is 0 Å². The summed E-state index contributed by atoms with van der Waals surface area (Å²) in [5.74, 6) is 0.681. The van der Waals surface area contributed by atoms with E-state index in [1.807, 2.05) is 0 Å². The van der Waals surface area contributed by atoms with Gasteiger partial charge in [-0.05, 0) is 60.2 Å². The van der Waals surface area contributed by atoms with Crippen molar-refractivity contribution >= 4 is 23.5 Å². The summed E-state index contributed by atoms with van der Waals surface area (Å²) in [7, 11) is 4.52. The summed E-state index contributed by atoms with van der Waals surface area (Å²) in [5.41, 5.74) is 1.10. The van der Waals surface area contributed by atoms with Gasteiger partial charge in [-0.15, -0.1) is 0 Å². The maximum absolute atomic E-state index is 12.6. The van der Waals surface area contributed by atoms with Gasteiger partial charge >= 0.3 is 5.97 Å². The normalized spacial score (nSPS) is 10.6. The molecule has 3 rings (SSSR count). The van der Waals surface area contributed by atoms with Crippen molar-refractivity contribution in [2.45, 2.75) is 0 Å². The van der Waals surface area contributed by atoms with Crippen molar-refractivity contribution in [2.24, 2.45) is 0 Å². The van der Waals surface area contributed by atoms with Crippen LogP contribution < -0.4 is 18.9 Å². The van der Waals surface area contributed by atoms with E-state index in [-0.39, 0.29) is 22.8 Å². The van der Waals surface area contributed by atoms with Gasteiger partial charge in [0.1, 0.15) is 5.75 Å². The second-order valence-corrected chi connectivity index (χ2v) is 6.87. The number of ether oxygens (including phenoxy) is 4. The number of esters is 1. The van der Waals surface area contributed by atoms with Gasteiger partial charge in [-0.25, -0.2) is 4.79 Å². The molecule has 174 valence electrons. The van der Waals surface area contributed by atoms with Crippen molar-refractivity contribution in [3.63, 3.8) is 0 Å². The lowest BCUT2D eigenvalue weighted by Gasteiger charge is -2.12. The van der Waals surface area contributed by atoms with Crippen LogP contribution in [0.25, 0.3) is 6.08 Å². The molecule has 0 aliphatic heterocycles. The molecule has 0 aliphatic rings. The molecule has 0 atom stereocenters. The van der Waals surface area contributed by atoms with E-state index in [1.165, 1.54) is 75.9 Å². The molecule has 0 saturated heterocycles. The molecular weight excluding hydrogens is 442 g/mol. The molecule has 0 spiro atoms. The van der Waals surface area contributed by atoms with Gasteiger partial charge in [0.05, 0.1) is 31.8 Å². The van der Waals surface area contributed by atoms with Crippen molar-refractivity contribution in [1.82, 2.24) is 0 Å². The molecule has 9 nitrogen and oxygen atoms in total. The molecule has 0 amide bonds. The smallest absolute Gasteiger partial charge is 0.343 e. The Balaban J connectivity index is 1.68. The topological polar surface area (TPSA) is 114 Å². The first kappa shape index (κ1) is 24.0. The predicted octanol–water partition coefficient (Wildman–Crippen LogP) is 4.74. The third-order valence-corrected chi connectivity index (χ3v) is 4.78. The molecule has 0 aliphatic carbocycles. The Morgan fingerprint density at radius 2 is 1.38 bits per heavy atom. The molecule has 3 aromatic rings. The Labute approximate surface area is 195 Å². The lowest BCUT2D eigenvalue weighted by Crippen LogP contribution is -2.08. The monoisotopic (exact) mass is 463 g/mol. The summed E-state index contributed by atoms with van der Waals surface area (Å²) in [5, 5.41) is 10.7. The molecule has 0 saturated carbocycles. The van der Waals surface area contributed by atoms with Gasteiger partial charge in [0.2, 0.25) is 5.75 Å². The highest BCUT2D eigenvalue weighted by molar-refractivity contribution is 6.07. The van der Waals surface area contributed by atoms with Crippen LogP contribution >= 0.6 is 0 Å². The number of carbonyl (C=O) groups is 2. The first-order valence-electron chi connectivity index (χ1n) is 9.95. The molecule has 0 heterocycles. The van der Waals surface area contributed by atoms with Crippen molar-refractivity contribution < 1.29 is 33.5 Å². The molecule has 0 unspecified atom stereocenters. The molecule has 34 heavy (non-hydrogen) atoms. The summed E-state index contributed by atoms with van der Waals surface area (Å²) < 4.78 is 21.2. The van der Waals surface area contributed by atoms with Crippen molar-refractivity contribution in [1.29, 1.82) is 0 Å². The average molecular weight is 463 g/mol. The molecule has 0 N–H and O–H groups in total. The van der Waals surface area contributed by atoms with Crippen molar-refractivity contribution in [2.75, 3.05) is 21.3 Å². The molecule has 9 heteroatoms. The fourth-order valence-electron chi connectivity index (χ4n) is 3.04. The van der Waals surface area contributed by atoms with E-state index in [0.29, 0.717) is 28.4 Å². The number of methoxy groups -OCH3 is 3. The zero-order valence-corrected chi connectivity index (χ0v) is 18.6.